The van der Waals surface area contributed by atoms with Gasteiger partial charge in [0.25, 0.3) is 0 Å². The van der Waals surface area contributed by atoms with Gasteiger partial charge in [0.2, 0.25) is 0 Å². The van der Waals surface area contributed by atoms with Crippen LogP contribution < -0.4 is 20.3 Å². The summed E-state index contributed by atoms with van der Waals surface area (Å²) in [5.41, 5.74) is 0.242. The summed E-state index contributed by atoms with van der Waals surface area (Å²) < 4.78 is 22.3. The minimum Gasteiger partial charge on any atom is -0.507 e. The maximum absolute atomic E-state index is 13.4. The van der Waals surface area contributed by atoms with Crippen LogP contribution in [0.1, 0.15) is 23.5 Å². The number of rotatable bonds is 3. The minimum atomic E-state index is -0.872. The predicted octanol–water partition coefficient (Wildman–Crippen LogP) is 4.43. The van der Waals surface area contributed by atoms with E-state index >= 15 is 0 Å². The zero-order valence-corrected chi connectivity index (χ0v) is 19.3. The number of aromatic hydroxyl groups is 2. The Hall–Kier alpha value is -5.05. The smallest absolute Gasteiger partial charge is 0.312 e. The summed E-state index contributed by atoms with van der Waals surface area (Å²) in [5.74, 6) is -1.81. The lowest BCUT2D eigenvalue weighted by Crippen LogP contribution is -2.25. The average Bonchev–Trinajstić information content (AvgIpc) is 2.88. The summed E-state index contributed by atoms with van der Waals surface area (Å²) in [5, 5.41) is 21.1. The molecule has 0 saturated carbocycles. The Morgan fingerprint density at radius 3 is 2.57 bits per heavy atom. The Labute approximate surface area is 207 Å². The van der Waals surface area contributed by atoms with E-state index in [9.17, 15) is 24.6 Å². The molecule has 2 aromatic heterocycles. The lowest BCUT2D eigenvalue weighted by Gasteiger charge is -2.25. The second-order valence-corrected chi connectivity index (χ2v) is 8.62. The van der Waals surface area contributed by atoms with Crippen molar-refractivity contribution in [2.24, 2.45) is 0 Å². The van der Waals surface area contributed by atoms with E-state index in [1.165, 1.54) is 37.6 Å². The van der Waals surface area contributed by atoms with E-state index in [4.69, 9.17) is 18.3 Å². The highest BCUT2D eigenvalue weighted by Crippen LogP contribution is 2.45. The maximum Gasteiger partial charge on any atom is 0.312 e. The van der Waals surface area contributed by atoms with Gasteiger partial charge in [0.05, 0.1) is 25.2 Å². The summed E-state index contributed by atoms with van der Waals surface area (Å²) in [6, 6.07) is 13.5. The van der Waals surface area contributed by atoms with Gasteiger partial charge in [-0.05, 0) is 30.3 Å². The molecule has 0 spiro atoms. The third kappa shape index (κ3) is 3.51. The fraction of sp³-hybridized carbons (Fsp3) is 0.107. The molecule has 0 aliphatic carbocycles. The van der Waals surface area contributed by atoms with Crippen LogP contribution in [0.2, 0.25) is 0 Å². The molecule has 9 heteroatoms. The number of methoxy groups -OCH3 is 1. The van der Waals surface area contributed by atoms with Crippen molar-refractivity contribution in [3.8, 4) is 34.3 Å². The molecule has 0 amide bonds. The molecule has 184 valence electrons. The topological polar surface area (TPSA) is 136 Å². The molecular weight excluding hydrogens is 480 g/mol. The number of hydrogen-bond donors (Lipinski definition) is 2. The van der Waals surface area contributed by atoms with Gasteiger partial charge < -0.3 is 28.5 Å². The van der Waals surface area contributed by atoms with Gasteiger partial charge in [-0.1, -0.05) is 12.1 Å². The monoisotopic (exact) mass is 498 g/mol. The van der Waals surface area contributed by atoms with Crippen LogP contribution in [0.15, 0.2) is 79.3 Å². The minimum absolute atomic E-state index is 0.0308. The van der Waals surface area contributed by atoms with E-state index in [2.05, 4.69) is 0 Å². The molecule has 0 saturated heterocycles. The molecule has 1 atom stereocenters. The number of esters is 1. The van der Waals surface area contributed by atoms with E-state index in [0.717, 1.165) is 0 Å². The largest absolute Gasteiger partial charge is 0.507 e. The number of phenolic OH excluding ortho intramolecular Hbond substituents is 2. The molecule has 3 aromatic carbocycles. The fourth-order valence-electron chi connectivity index (χ4n) is 4.74. The standard InChI is InChI=1S/C28H18O9/c1-34-21-7-6-13(8-17(21)29)22-10-18(30)26-19(31)11-23-25(28(26)37-22)15(9-24(32)36-23)16-12-35-20-5-3-2-4-14(20)27(16)33/h2-8,10-12,15,29,31H,9H2,1H3/t15-/m0/s1. The first-order chi connectivity index (χ1) is 17.9. The quantitative estimate of drug-likeness (QED) is 0.273. The van der Waals surface area contributed by atoms with E-state index in [1.54, 1.807) is 30.3 Å². The molecule has 5 aromatic rings. The Kier molecular flexibility index (Phi) is 5.01. The fourth-order valence-corrected chi connectivity index (χ4v) is 4.74. The number of phenols is 2. The summed E-state index contributed by atoms with van der Waals surface area (Å²) in [6.45, 7) is 0. The molecule has 1 aliphatic heterocycles. The van der Waals surface area contributed by atoms with Crippen LogP contribution in [-0.2, 0) is 4.79 Å². The van der Waals surface area contributed by atoms with Gasteiger partial charge >= 0.3 is 5.97 Å². The average molecular weight is 498 g/mol. The molecule has 0 bridgehead atoms. The Bertz CT molecular complexity index is 1860. The molecule has 0 unspecified atom stereocenters. The predicted molar refractivity (Wildman–Crippen MR) is 132 cm³/mol. The van der Waals surface area contributed by atoms with Gasteiger partial charge in [0, 0.05) is 34.7 Å². The number of hydrogen-bond acceptors (Lipinski definition) is 9. The molecule has 0 radical (unpaired) electrons. The van der Waals surface area contributed by atoms with E-state index in [1.807, 2.05) is 0 Å². The van der Waals surface area contributed by atoms with Gasteiger partial charge in [-0.15, -0.1) is 0 Å². The second-order valence-electron chi connectivity index (χ2n) is 8.62. The van der Waals surface area contributed by atoms with E-state index < -0.39 is 23.1 Å². The first-order valence-corrected chi connectivity index (χ1v) is 11.3. The summed E-state index contributed by atoms with van der Waals surface area (Å²) in [4.78, 5) is 39.1. The zero-order valence-electron chi connectivity index (χ0n) is 19.3. The van der Waals surface area contributed by atoms with Crippen LogP contribution >= 0.6 is 0 Å². The van der Waals surface area contributed by atoms with Crippen LogP contribution in [0.5, 0.6) is 23.0 Å². The molecule has 9 nitrogen and oxygen atoms in total. The number of fused-ring (bicyclic) bond motifs is 4. The molecule has 6 rings (SSSR count). The second kappa shape index (κ2) is 8.27. The lowest BCUT2D eigenvalue weighted by molar-refractivity contribution is -0.135. The summed E-state index contributed by atoms with van der Waals surface area (Å²) in [6.07, 6.45) is 1.08. The normalized spacial score (nSPS) is 14.9. The number of carbonyl (C=O) groups is 1. The highest BCUT2D eigenvalue weighted by atomic mass is 16.5. The third-order valence-corrected chi connectivity index (χ3v) is 6.47. The first kappa shape index (κ1) is 22.4. The van der Waals surface area contributed by atoms with Crippen LogP contribution in [0, 0.1) is 0 Å². The van der Waals surface area contributed by atoms with E-state index in [0.29, 0.717) is 16.5 Å². The van der Waals surface area contributed by atoms with Crippen LogP contribution in [0.4, 0.5) is 0 Å². The third-order valence-electron chi connectivity index (χ3n) is 6.47. The molecule has 3 heterocycles. The van der Waals surface area contributed by atoms with E-state index in [-0.39, 0.29) is 57.0 Å². The highest BCUT2D eigenvalue weighted by molar-refractivity contribution is 5.93. The summed E-state index contributed by atoms with van der Waals surface area (Å²) >= 11 is 0. The molecular formula is C28H18O9. The van der Waals surface area contributed by atoms with Crippen molar-refractivity contribution < 1.29 is 33.3 Å². The van der Waals surface area contributed by atoms with Gasteiger partial charge in [-0.25, -0.2) is 0 Å². The number of para-hydroxylation sites is 1. The lowest BCUT2D eigenvalue weighted by atomic mass is 9.85. The number of ether oxygens (including phenoxy) is 2. The van der Waals surface area contributed by atoms with Gasteiger partial charge in [0.15, 0.2) is 22.4 Å². The van der Waals surface area contributed by atoms with Crippen molar-refractivity contribution in [1.29, 1.82) is 0 Å². The SMILES string of the molecule is COc1ccc(-c2cc(=O)c3c(O)cc4c(c3o2)[C@H](c2coc3ccccc3c2=O)CC(=O)O4)cc1O. The van der Waals surface area contributed by atoms with Gasteiger partial charge in [-0.2, -0.15) is 0 Å². The van der Waals surface area contributed by atoms with Crippen molar-refractivity contribution in [1.82, 2.24) is 0 Å². The molecule has 2 N–H and O–H groups in total. The molecule has 1 aliphatic rings. The Morgan fingerprint density at radius 2 is 1.78 bits per heavy atom. The molecule has 37 heavy (non-hydrogen) atoms. The van der Waals surface area contributed by atoms with Gasteiger partial charge in [0.1, 0.15) is 33.8 Å². The van der Waals surface area contributed by atoms with Crippen molar-refractivity contribution >= 4 is 27.9 Å². The number of benzene rings is 3. The Balaban J connectivity index is 1.64. The first-order valence-electron chi connectivity index (χ1n) is 11.3. The van der Waals surface area contributed by atoms with Crippen molar-refractivity contribution in [3.63, 3.8) is 0 Å². The maximum atomic E-state index is 13.4. The highest BCUT2D eigenvalue weighted by Gasteiger charge is 2.35. The van der Waals surface area contributed by atoms with Crippen LogP contribution in [0.3, 0.4) is 0 Å². The number of carbonyl (C=O) groups excluding carboxylic acids is 1. The van der Waals surface area contributed by atoms with Crippen molar-refractivity contribution in [2.75, 3.05) is 7.11 Å². The van der Waals surface area contributed by atoms with Crippen LogP contribution in [0.25, 0.3) is 33.3 Å². The molecule has 0 fully saturated rings. The van der Waals surface area contributed by atoms with Crippen molar-refractivity contribution in [3.05, 3.63) is 92.4 Å². The summed E-state index contributed by atoms with van der Waals surface area (Å²) in [7, 11) is 1.41. The Morgan fingerprint density at radius 1 is 0.973 bits per heavy atom. The van der Waals surface area contributed by atoms with Crippen molar-refractivity contribution in [2.45, 2.75) is 12.3 Å². The van der Waals surface area contributed by atoms with Gasteiger partial charge in [-0.3, -0.25) is 14.4 Å². The zero-order chi connectivity index (χ0) is 25.8. The van der Waals surface area contributed by atoms with Crippen LogP contribution in [-0.4, -0.2) is 23.3 Å².